The van der Waals surface area contributed by atoms with Crippen molar-refractivity contribution in [1.29, 1.82) is 0 Å². The van der Waals surface area contributed by atoms with Crippen molar-refractivity contribution in [2.24, 2.45) is 5.92 Å². The van der Waals surface area contributed by atoms with Gasteiger partial charge in [0.25, 0.3) is 0 Å². The molecule has 3 rings (SSSR count). The van der Waals surface area contributed by atoms with Crippen LogP contribution in [-0.4, -0.2) is 38.3 Å². The molecule has 1 atom stereocenters. The highest BCUT2D eigenvalue weighted by Gasteiger charge is 2.33. The summed E-state index contributed by atoms with van der Waals surface area (Å²) >= 11 is 3.50. The first-order valence-electron chi connectivity index (χ1n) is 10.6. The van der Waals surface area contributed by atoms with Crippen molar-refractivity contribution in [1.82, 2.24) is 4.31 Å². The van der Waals surface area contributed by atoms with E-state index in [1.54, 1.807) is 24.3 Å². The summed E-state index contributed by atoms with van der Waals surface area (Å²) in [5, 5.41) is 3.06. The average Bonchev–Trinajstić information content (AvgIpc) is 2.76. The fraction of sp³-hybridized carbons (Fsp3) is 0.435. The summed E-state index contributed by atoms with van der Waals surface area (Å²) < 4.78 is 34.0. The number of sulfonamides is 1. The molecule has 8 heteroatoms. The van der Waals surface area contributed by atoms with Gasteiger partial charge in [-0.1, -0.05) is 22.9 Å². The van der Waals surface area contributed by atoms with Crippen LogP contribution >= 0.6 is 15.9 Å². The zero-order valence-electron chi connectivity index (χ0n) is 18.2. The van der Waals surface area contributed by atoms with Crippen LogP contribution in [-0.2, 0) is 21.2 Å². The van der Waals surface area contributed by atoms with Gasteiger partial charge in [-0.15, -0.1) is 0 Å². The predicted molar refractivity (Wildman–Crippen MR) is 126 cm³/mol. The Kier molecular flexibility index (Phi) is 7.78. The number of aryl methyl sites for hydroxylation is 2. The third-order valence-corrected chi connectivity index (χ3v) is 7.88. The van der Waals surface area contributed by atoms with E-state index in [0.717, 1.165) is 27.7 Å². The molecule has 0 radical (unpaired) electrons. The largest absolute Gasteiger partial charge is 0.494 e. The molecule has 1 saturated heterocycles. The number of carbonyl (C=O) groups is 1. The molecule has 1 heterocycles. The van der Waals surface area contributed by atoms with Crippen molar-refractivity contribution in [2.75, 3.05) is 25.0 Å². The summed E-state index contributed by atoms with van der Waals surface area (Å²) in [6.07, 6.45) is 2.10. The van der Waals surface area contributed by atoms with Crippen molar-refractivity contribution in [2.45, 2.75) is 44.9 Å². The lowest BCUT2D eigenvalue weighted by atomic mass is 9.98. The average molecular weight is 509 g/mol. The second-order valence-corrected chi connectivity index (χ2v) is 10.6. The molecule has 0 aliphatic carbocycles. The van der Waals surface area contributed by atoms with E-state index in [-0.39, 0.29) is 23.3 Å². The third kappa shape index (κ3) is 5.48. The normalized spacial score (nSPS) is 17.4. The lowest BCUT2D eigenvalue weighted by molar-refractivity contribution is -0.120. The molecular formula is C23H29BrN2O4S. The summed E-state index contributed by atoms with van der Waals surface area (Å²) in [6, 6.07) is 10.4. The zero-order valence-corrected chi connectivity index (χ0v) is 20.6. The molecule has 0 spiro atoms. The van der Waals surface area contributed by atoms with Crippen LogP contribution in [0.2, 0.25) is 0 Å². The summed E-state index contributed by atoms with van der Waals surface area (Å²) in [4.78, 5) is 13.3. The minimum Gasteiger partial charge on any atom is -0.494 e. The van der Waals surface area contributed by atoms with E-state index in [2.05, 4.69) is 21.2 Å². The van der Waals surface area contributed by atoms with Gasteiger partial charge in [-0.2, -0.15) is 4.31 Å². The number of amides is 1. The number of ether oxygens (including phenoxy) is 1. The molecule has 1 amide bonds. The molecule has 0 bridgehead atoms. The monoisotopic (exact) mass is 508 g/mol. The minimum atomic E-state index is -3.67. The first-order chi connectivity index (χ1) is 14.8. The molecule has 6 nitrogen and oxygen atoms in total. The Morgan fingerprint density at radius 1 is 1.23 bits per heavy atom. The van der Waals surface area contributed by atoms with Crippen LogP contribution in [0.1, 0.15) is 37.8 Å². The van der Waals surface area contributed by atoms with Crippen LogP contribution in [0.15, 0.2) is 45.8 Å². The van der Waals surface area contributed by atoms with Crippen LogP contribution in [0.25, 0.3) is 0 Å². The topological polar surface area (TPSA) is 75.7 Å². The van der Waals surface area contributed by atoms with Crippen molar-refractivity contribution >= 4 is 37.5 Å². The lowest BCUT2D eigenvalue weighted by Crippen LogP contribution is -2.43. The predicted octanol–water partition coefficient (Wildman–Crippen LogP) is 4.76. The van der Waals surface area contributed by atoms with Crippen molar-refractivity contribution in [3.05, 3.63) is 52.0 Å². The minimum absolute atomic E-state index is 0.133. The lowest BCUT2D eigenvalue weighted by Gasteiger charge is -2.31. The number of anilines is 1. The molecule has 1 aliphatic rings. The van der Waals surface area contributed by atoms with Gasteiger partial charge in [-0.3, -0.25) is 4.79 Å². The van der Waals surface area contributed by atoms with Crippen LogP contribution in [0.4, 0.5) is 5.69 Å². The van der Waals surface area contributed by atoms with Crippen molar-refractivity contribution in [3.8, 4) is 5.75 Å². The van der Waals surface area contributed by atoms with Gasteiger partial charge in [0.05, 0.1) is 17.4 Å². The molecule has 2 aromatic rings. The molecule has 2 aromatic carbocycles. The van der Waals surface area contributed by atoms with Gasteiger partial charge in [-0.25, -0.2) is 8.42 Å². The number of carbonyl (C=O) groups excluding carboxylic acids is 1. The van der Waals surface area contributed by atoms with Crippen LogP contribution in [0, 0.1) is 12.8 Å². The standard InChI is InChI=1S/C23H29BrN2O4S/c1-4-17-14-19(24)13-16(3)22(17)25-23(27)18-7-6-12-26(15-18)31(28,29)21-10-8-20(9-11-21)30-5-2/h8-11,13-14,18H,4-7,12,15H2,1-3H3,(H,25,27)/t18-/m0/s1. The molecule has 0 saturated carbocycles. The molecule has 0 unspecified atom stereocenters. The van der Waals surface area contributed by atoms with E-state index in [1.165, 1.54) is 4.31 Å². The molecule has 0 aromatic heterocycles. The summed E-state index contributed by atoms with van der Waals surface area (Å²) in [6.45, 7) is 7.00. The van der Waals surface area contributed by atoms with Gasteiger partial charge < -0.3 is 10.1 Å². The smallest absolute Gasteiger partial charge is 0.243 e. The molecule has 1 aliphatic heterocycles. The van der Waals surface area contributed by atoms with Crippen LogP contribution in [0.3, 0.4) is 0 Å². The van der Waals surface area contributed by atoms with Crippen molar-refractivity contribution < 1.29 is 17.9 Å². The van der Waals surface area contributed by atoms with Gasteiger partial charge in [0.15, 0.2) is 0 Å². The molecule has 31 heavy (non-hydrogen) atoms. The summed E-state index contributed by atoms with van der Waals surface area (Å²) in [7, 11) is -3.67. The van der Waals surface area contributed by atoms with Gasteiger partial charge in [-0.05, 0) is 80.6 Å². The fourth-order valence-electron chi connectivity index (χ4n) is 3.89. The van der Waals surface area contributed by atoms with Crippen LogP contribution < -0.4 is 10.1 Å². The first kappa shape index (κ1) is 23.8. The maximum absolute atomic E-state index is 13.1. The number of halogens is 1. The Balaban J connectivity index is 1.75. The summed E-state index contributed by atoms with van der Waals surface area (Å²) in [5.74, 6) is 0.111. The highest BCUT2D eigenvalue weighted by atomic mass is 79.9. The molecule has 168 valence electrons. The van der Waals surface area contributed by atoms with Crippen LogP contribution in [0.5, 0.6) is 5.75 Å². The summed E-state index contributed by atoms with van der Waals surface area (Å²) in [5.41, 5.74) is 2.85. The highest BCUT2D eigenvalue weighted by molar-refractivity contribution is 9.10. The number of piperidine rings is 1. The number of hydrogen-bond donors (Lipinski definition) is 1. The maximum atomic E-state index is 13.1. The Morgan fingerprint density at radius 2 is 1.94 bits per heavy atom. The SMILES string of the molecule is CCOc1ccc(S(=O)(=O)N2CCC[C@H](C(=O)Nc3c(C)cc(Br)cc3CC)C2)cc1. The van der Waals surface area contributed by atoms with E-state index < -0.39 is 10.0 Å². The third-order valence-electron chi connectivity index (χ3n) is 5.54. The number of benzene rings is 2. The second-order valence-electron chi connectivity index (χ2n) is 7.71. The molecular weight excluding hydrogens is 480 g/mol. The fourth-order valence-corrected chi connectivity index (χ4v) is 6.04. The van der Waals surface area contributed by atoms with Gasteiger partial charge in [0, 0.05) is 23.2 Å². The second kappa shape index (κ2) is 10.1. The Bertz CT molecular complexity index is 1040. The van der Waals surface area contributed by atoms with E-state index >= 15 is 0 Å². The van der Waals surface area contributed by atoms with Gasteiger partial charge in [0.2, 0.25) is 15.9 Å². The van der Waals surface area contributed by atoms with Crippen molar-refractivity contribution in [3.63, 3.8) is 0 Å². The van der Waals surface area contributed by atoms with Gasteiger partial charge in [0.1, 0.15) is 5.75 Å². The first-order valence-corrected chi connectivity index (χ1v) is 12.8. The maximum Gasteiger partial charge on any atom is 0.243 e. The molecule has 1 N–H and O–H groups in total. The Morgan fingerprint density at radius 3 is 2.58 bits per heavy atom. The van der Waals surface area contributed by atoms with E-state index in [1.807, 2.05) is 32.9 Å². The number of nitrogens with one attached hydrogen (secondary N) is 1. The van der Waals surface area contributed by atoms with E-state index in [9.17, 15) is 13.2 Å². The quantitative estimate of drug-likeness (QED) is 0.584. The zero-order chi connectivity index (χ0) is 22.6. The van der Waals surface area contributed by atoms with Gasteiger partial charge >= 0.3 is 0 Å². The van der Waals surface area contributed by atoms with E-state index in [4.69, 9.17) is 4.74 Å². The number of nitrogens with zero attached hydrogens (tertiary/aromatic N) is 1. The number of rotatable bonds is 7. The van der Waals surface area contributed by atoms with E-state index in [0.29, 0.717) is 31.7 Å². The number of hydrogen-bond acceptors (Lipinski definition) is 4. The highest BCUT2D eigenvalue weighted by Crippen LogP contribution is 2.29. The molecule has 1 fully saturated rings. The Hall–Kier alpha value is -1.90. The Labute approximate surface area is 193 Å².